The van der Waals surface area contributed by atoms with E-state index in [1.165, 1.54) is 7.11 Å². The molecule has 3 fully saturated rings. The molecule has 1 N–H and O–H groups in total. The summed E-state index contributed by atoms with van der Waals surface area (Å²) in [6.45, 7) is 8.29. The molecule has 1 aromatic carbocycles. The Balaban J connectivity index is 1.48. The van der Waals surface area contributed by atoms with Gasteiger partial charge in [-0.25, -0.2) is 4.79 Å². The van der Waals surface area contributed by atoms with E-state index in [9.17, 15) is 14.4 Å². The number of ether oxygens (including phenoxy) is 3. The average molecular weight is 542 g/mol. The molecule has 9 heteroatoms. The van der Waals surface area contributed by atoms with Gasteiger partial charge in [0.05, 0.1) is 31.3 Å². The molecule has 1 aromatic heterocycles. The third-order valence-electron chi connectivity index (χ3n) is 8.98. The largest absolute Gasteiger partial charge is 0.490 e. The molecule has 2 aliphatic carbocycles. The molecule has 2 aromatic rings. The Labute approximate surface area is 226 Å². The summed E-state index contributed by atoms with van der Waals surface area (Å²) in [6.07, 6.45) is 2.93. The first-order valence-electron chi connectivity index (χ1n) is 12.8. The van der Waals surface area contributed by atoms with Crippen molar-refractivity contribution >= 4 is 35.1 Å². The molecule has 202 valence electrons. The second kappa shape index (κ2) is 9.80. The molecule has 2 saturated carbocycles. The smallest absolute Gasteiger partial charge is 0.412 e. The number of methoxy groups -OCH3 is 1. The van der Waals surface area contributed by atoms with Crippen LogP contribution in [0.2, 0.25) is 5.02 Å². The molecule has 1 amide bonds. The van der Waals surface area contributed by atoms with E-state index < -0.39 is 40.8 Å². The van der Waals surface area contributed by atoms with Crippen molar-refractivity contribution in [1.82, 2.24) is 0 Å². The van der Waals surface area contributed by atoms with E-state index in [-0.39, 0.29) is 24.2 Å². The van der Waals surface area contributed by atoms with Gasteiger partial charge in [0.15, 0.2) is 11.9 Å². The number of amides is 1. The van der Waals surface area contributed by atoms with E-state index in [0.29, 0.717) is 29.3 Å². The van der Waals surface area contributed by atoms with Crippen LogP contribution < -0.4 is 5.32 Å². The Morgan fingerprint density at radius 2 is 1.89 bits per heavy atom. The van der Waals surface area contributed by atoms with Gasteiger partial charge in [0.25, 0.3) is 0 Å². The van der Waals surface area contributed by atoms with Crippen LogP contribution in [0.4, 0.5) is 10.5 Å². The summed E-state index contributed by atoms with van der Waals surface area (Å²) >= 11 is 5.93. The lowest BCUT2D eigenvalue weighted by atomic mass is 9.43. The van der Waals surface area contributed by atoms with Crippen LogP contribution in [-0.2, 0) is 23.8 Å². The highest BCUT2D eigenvalue weighted by Gasteiger charge is 2.66. The predicted molar refractivity (Wildman–Crippen MR) is 139 cm³/mol. The number of Topliss-reactive ketones (excluding diaryl/α,β-unsaturated/α-hetero) is 1. The zero-order chi connectivity index (χ0) is 27.2. The maximum atomic E-state index is 14.3. The molecule has 5 rings (SSSR count). The maximum Gasteiger partial charge on any atom is 0.412 e. The van der Waals surface area contributed by atoms with E-state index >= 15 is 0 Å². The molecule has 0 radical (unpaired) electrons. The number of hydrogen-bond donors (Lipinski definition) is 1. The van der Waals surface area contributed by atoms with Crippen LogP contribution in [0.5, 0.6) is 0 Å². The minimum absolute atomic E-state index is 0.0654. The Morgan fingerprint density at radius 1 is 1.16 bits per heavy atom. The fourth-order valence-corrected chi connectivity index (χ4v) is 7.38. The van der Waals surface area contributed by atoms with Crippen LogP contribution in [0.15, 0.2) is 59.6 Å². The van der Waals surface area contributed by atoms with Crippen LogP contribution >= 0.6 is 11.6 Å². The number of rotatable bonds is 4. The van der Waals surface area contributed by atoms with Crippen LogP contribution in [0.1, 0.15) is 51.2 Å². The van der Waals surface area contributed by atoms with Gasteiger partial charge in [-0.2, -0.15) is 0 Å². The van der Waals surface area contributed by atoms with Gasteiger partial charge >= 0.3 is 12.1 Å². The van der Waals surface area contributed by atoms with Crippen molar-refractivity contribution in [2.24, 2.45) is 28.6 Å². The van der Waals surface area contributed by atoms with Crippen molar-refractivity contribution in [3.05, 3.63) is 65.8 Å². The number of carbonyl (C=O) groups excluding carboxylic acids is 3. The molecule has 8 nitrogen and oxygen atoms in total. The molecule has 1 saturated heterocycles. The number of esters is 1. The SMILES string of the molecule is C=C1O[C@H](c2ccoc2)C[C@]2(C)[C@H]3C(=O)[C@@H](OC(=O)Nc4ccc(Cl)cc4)C[C@@H](C(=O)OC)[C@]3(C)CC[C@@H]12. The van der Waals surface area contributed by atoms with Gasteiger partial charge in [0.1, 0.15) is 6.10 Å². The minimum atomic E-state index is -1.11. The third kappa shape index (κ3) is 4.38. The van der Waals surface area contributed by atoms with Crippen molar-refractivity contribution in [2.75, 3.05) is 12.4 Å². The van der Waals surface area contributed by atoms with E-state index in [1.807, 2.05) is 13.0 Å². The first kappa shape index (κ1) is 26.4. The number of hydrogen-bond acceptors (Lipinski definition) is 7. The van der Waals surface area contributed by atoms with Gasteiger partial charge in [-0.15, -0.1) is 0 Å². The monoisotopic (exact) mass is 541 g/mol. The lowest BCUT2D eigenvalue weighted by Gasteiger charge is -2.62. The number of benzene rings is 1. The number of ketones is 1. The first-order valence-corrected chi connectivity index (χ1v) is 13.2. The van der Waals surface area contributed by atoms with Crippen molar-refractivity contribution in [2.45, 2.75) is 51.7 Å². The number of halogens is 1. The van der Waals surface area contributed by atoms with Crippen LogP contribution in [0, 0.1) is 28.6 Å². The molecule has 38 heavy (non-hydrogen) atoms. The van der Waals surface area contributed by atoms with Crippen molar-refractivity contribution < 1.29 is 33.0 Å². The summed E-state index contributed by atoms with van der Waals surface area (Å²) in [6, 6.07) is 8.39. The van der Waals surface area contributed by atoms with Gasteiger partial charge in [0.2, 0.25) is 0 Å². The summed E-state index contributed by atoms with van der Waals surface area (Å²) in [5.41, 5.74) is 0.0643. The van der Waals surface area contributed by atoms with Gasteiger partial charge in [-0.3, -0.25) is 14.9 Å². The van der Waals surface area contributed by atoms with Crippen LogP contribution in [0.3, 0.4) is 0 Å². The Kier molecular flexibility index (Phi) is 6.80. The van der Waals surface area contributed by atoms with Gasteiger partial charge in [-0.05, 0) is 60.4 Å². The second-order valence-corrected chi connectivity index (χ2v) is 11.5. The average Bonchev–Trinajstić information content (AvgIpc) is 3.41. The Morgan fingerprint density at radius 3 is 2.55 bits per heavy atom. The molecule has 0 spiro atoms. The number of carbonyl (C=O) groups is 3. The predicted octanol–water partition coefficient (Wildman–Crippen LogP) is 6.33. The fraction of sp³-hybridized carbons (Fsp3) is 0.483. The van der Waals surface area contributed by atoms with Crippen molar-refractivity contribution in [3.63, 3.8) is 0 Å². The molecule has 0 unspecified atom stereocenters. The number of anilines is 1. The van der Waals surface area contributed by atoms with Crippen LogP contribution in [0.25, 0.3) is 0 Å². The summed E-state index contributed by atoms with van der Waals surface area (Å²) < 4.78 is 22.4. The van der Waals surface area contributed by atoms with E-state index in [4.69, 9.17) is 30.2 Å². The van der Waals surface area contributed by atoms with Crippen molar-refractivity contribution in [3.8, 4) is 0 Å². The fourth-order valence-electron chi connectivity index (χ4n) is 7.26. The zero-order valence-electron chi connectivity index (χ0n) is 21.7. The number of fused-ring (bicyclic) bond motifs is 3. The maximum absolute atomic E-state index is 14.3. The lowest BCUT2D eigenvalue weighted by molar-refractivity contribution is -0.193. The Hall–Kier alpha value is -3.26. The Bertz CT molecular complexity index is 1240. The molecule has 7 atom stereocenters. The molecule has 3 aliphatic rings. The highest BCUT2D eigenvalue weighted by molar-refractivity contribution is 6.30. The van der Waals surface area contributed by atoms with E-state index in [2.05, 4.69) is 18.8 Å². The number of furan rings is 1. The standard InChI is InChI=1S/C29H32ClNO7/c1-16-20-9-11-28(2)21(26(33)35-4)13-22(38-27(34)31-19-7-5-18(30)6-8-19)24(32)25(28)29(20,3)14-23(37-16)17-10-12-36-15-17/h5-8,10,12,15,20-23,25H,1,9,11,13-14H2,2-4H3,(H,31,34)/t20-,21-,22-,23-,25-,28-,29-/m0/s1. The first-order chi connectivity index (χ1) is 18.1. The van der Waals surface area contributed by atoms with E-state index in [1.54, 1.807) is 36.8 Å². The van der Waals surface area contributed by atoms with Gasteiger partial charge in [0, 0.05) is 34.5 Å². The topological polar surface area (TPSA) is 104 Å². The van der Waals surface area contributed by atoms with E-state index in [0.717, 1.165) is 12.0 Å². The normalized spacial score (nSPS) is 34.4. The molecular formula is C29H32ClNO7. The molecular weight excluding hydrogens is 510 g/mol. The molecule has 1 aliphatic heterocycles. The second-order valence-electron chi connectivity index (χ2n) is 11.1. The minimum Gasteiger partial charge on any atom is -0.490 e. The third-order valence-corrected chi connectivity index (χ3v) is 9.23. The zero-order valence-corrected chi connectivity index (χ0v) is 22.5. The lowest BCUT2D eigenvalue weighted by Crippen LogP contribution is -2.63. The molecule has 2 heterocycles. The van der Waals surface area contributed by atoms with Gasteiger partial charge < -0.3 is 18.6 Å². The summed E-state index contributed by atoms with van der Waals surface area (Å²) in [7, 11) is 1.35. The summed E-state index contributed by atoms with van der Waals surface area (Å²) in [5, 5.41) is 3.17. The molecule has 0 bridgehead atoms. The summed E-state index contributed by atoms with van der Waals surface area (Å²) in [5.74, 6) is -1.27. The quantitative estimate of drug-likeness (QED) is 0.451. The number of allylic oxidation sites excluding steroid dienone is 1. The van der Waals surface area contributed by atoms with Gasteiger partial charge in [-0.1, -0.05) is 32.0 Å². The van der Waals surface area contributed by atoms with Crippen molar-refractivity contribution in [1.29, 1.82) is 0 Å². The highest BCUT2D eigenvalue weighted by atomic mass is 35.5. The summed E-state index contributed by atoms with van der Waals surface area (Å²) in [4.78, 5) is 40.2. The number of nitrogens with one attached hydrogen (secondary N) is 1. The highest BCUT2D eigenvalue weighted by Crippen LogP contribution is 2.66. The van der Waals surface area contributed by atoms with Crippen LogP contribution in [-0.4, -0.2) is 31.1 Å².